The monoisotopic (exact) mass is 435 g/mol. The SMILES string of the molecule is O=c1[nH]c(-c2ccc(Cl)cc2)nc2c1CN(Cc1ccc(OC(F)(F)F)cc1)CC2. The van der Waals surface area contributed by atoms with Crippen molar-refractivity contribution < 1.29 is 17.9 Å². The van der Waals surface area contributed by atoms with Crippen molar-refractivity contribution in [3.63, 3.8) is 0 Å². The number of alkyl halides is 3. The van der Waals surface area contributed by atoms with Gasteiger partial charge in [-0.15, -0.1) is 13.2 Å². The van der Waals surface area contributed by atoms with Crippen molar-refractivity contribution in [1.29, 1.82) is 0 Å². The van der Waals surface area contributed by atoms with E-state index in [0.717, 1.165) is 16.8 Å². The molecule has 0 saturated heterocycles. The Morgan fingerprint density at radius 2 is 1.80 bits per heavy atom. The van der Waals surface area contributed by atoms with Crippen LogP contribution >= 0.6 is 11.6 Å². The molecule has 5 nitrogen and oxygen atoms in total. The molecule has 2 heterocycles. The maximum Gasteiger partial charge on any atom is 0.573 e. The lowest BCUT2D eigenvalue weighted by Crippen LogP contribution is -2.35. The van der Waals surface area contributed by atoms with Crippen LogP contribution in [0.15, 0.2) is 53.3 Å². The smallest absolute Gasteiger partial charge is 0.406 e. The number of nitrogens with zero attached hydrogens (tertiary/aromatic N) is 2. The molecule has 0 bridgehead atoms. The van der Waals surface area contributed by atoms with Crippen molar-refractivity contribution in [2.75, 3.05) is 6.54 Å². The summed E-state index contributed by atoms with van der Waals surface area (Å²) in [4.78, 5) is 22.1. The third-order valence-electron chi connectivity index (χ3n) is 4.83. The number of hydrogen-bond donors (Lipinski definition) is 1. The van der Waals surface area contributed by atoms with E-state index in [-0.39, 0.29) is 11.3 Å². The van der Waals surface area contributed by atoms with Gasteiger partial charge in [0.2, 0.25) is 0 Å². The molecular formula is C21H17ClF3N3O2. The van der Waals surface area contributed by atoms with Gasteiger partial charge in [-0.1, -0.05) is 23.7 Å². The predicted molar refractivity (Wildman–Crippen MR) is 106 cm³/mol. The number of benzene rings is 2. The topological polar surface area (TPSA) is 58.2 Å². The normalized spacial score (nSPS) is 14.4. The van der Waals surface area contributed by atoms with E-state index in [1.807, 2.05) is 0 Å². The molecule has 1 aromatic heterocycles. The fraction of sp³-hybridized carbons (Fsp3) is 0.238. The van der Waals surface area contributed by atoms with Crippen LogP contribution in [0.4, 0.5) is 13.2 Å². The van der Waals surface area contributed by atoms with Gasteiger partial charge in [0.25, 0.3) is 5.56 Å². The van der Waals surface area contributed by atoms with Crippen LogP contribution in [0.5, 0.6) is 5.75 Å². The third-order valence-corrected chi connectivity index (χ3v) is 5.08. The molecule has 1 N–H and O–H groups in total. The van der Waals surface area contributed by atoms with Crippen molar-refractivity contribution in [3.8, 4) is 17.1 Å². The van der Waals surface area contributed by atoms with Crippen LogP contribution in [-0.2, 0) is 19.5 Å². The first-order valence-corrected chi connectivity index (χ1v) is 9.60. The van der Waals surface area contributed by atoms with Gasteiger partial charge in [0.1, 0.15) is 11.6 Å². The standard InChI is InChI=1S/C21H17ClF3N3O2/c22-15-5-3-14(4-6-15)19-26-18-9-10-28(12-17(18)20(29)27-19)11-13-1-7-16(8-2-13)30-21(23,24)25/h1-8H,9-12H2,(H,26,27,29). The Hall–Kier alpha value is -2.84. The molecule has 0 atom stereocenters. The molecule has 3 aromatic rings. The van der Waals surface area contributed by atoms with Crippen molar-refractivity contribution >= 4 is 11.6 Å². The second-order valence-corrected chi connectivity index (χ2v) is 7.44. The van der Waals surface area contributed by atoms with Crippen molar-refractivity contribution in [2.45, 2.75) is 25.9 Å². The zero-order chi connectivity index (χ0) is 21.3. The number of rotatable bonds is 4. The maximum atomic E-state index is 12.6. The van der Waals surface area contributed by atoms with Gasteiger partial charge < -0.3 is 9.72 Å². The number of nitrogens with one attached hydrogen (secondary N) is 1. The van der Waals surface area contributed by atoms with Crippen LogP contribution in [0, 0.1) is 0 Å². The fourth-order valence-corrected chi connectivity index (χ4v) is 3.54. The number of fused-ring (bicyclic) bond motifs is 1. The van der Waals surface area contributed by atoms with E-state index in [1.165, 1.54) is 12.1 Å². The summed E-state index contributed by atoms with van der Waals surface area (Å²) in [6.07, 6.45) is -4.11. The van der Waals surface area contributed by atoms with Gasteiger partial charge in [0, 0.05) is 36.6 Å². The molecule has 0 unspecified atom stereocenters. The number of halogens is 4. The maximum absolute atomic E-state index is 12.6. The van der Waals surface area contributed by atoms with E-state index < -0.39 is 6.36 Å². The number of aromatic nitrogens is 2. The molecule has 1 aliphatic rings. The molecule has 0 fully saturated rings. The summed E-state index contributed by atoms with van der Waals surface area (Å²) >= 11 is 5.91. The Morgan fingerprint density at radius 1 is 1.10 bits per heavy atom. The van der Waals surface area contributed by atoms with Crippen molar-refractivity contribution in [3.05, 3.63) is 80.7 Å². The molecule has 2 aromatic carbocycles. The molecule has 0 spiro atoms. The fourth-order valence-electron chi connectivity index (χ4n) is 3.42. The van der Waals surface area contributed by atoms with E-state index in [2.05, 4.69) is 19.6 Å². The second-order valence-electron chi connectivity index (χ2n) is 7.00. The highest BCUT2D eigenvalue weighted by molar-refractivity contribution is 6.30. The van der Waals surface area contributed by atoms with Crippen molar-refractivity contribution in [2.24, 2.45) is 0 Å². The molecule has 30 heavy (non-hydrogen) atoms. The van der Waals surface area contributed by atoms with E-state index in [0.29, 0.717) is 42.5 Å². The van der Waals surface area contributed by atoms with E-state index >= 15 is 0 Å². The van der Waals surface area contributed by atoms with Gasteiger partial charge in [-0.2, -0.15) is 0 Å². The van der Waals surface area contributed by atoms with Crippen LogP contribution in [0.25, 0.3) is 11.4 Å². The van der Waals surface area contributed by atoms with Crippen LogP contribution in [0.3, 0.4) is 0 Å². The van der Waals surface area contributed by atoms with E-state index in [9.17, 15) is 18.0 Å². The highest BCUT2D eigenvalue weighted by atomic mass is 35.5. The first-order valence-electron chi connectivity index (χ1n) is 9.22. The van der Waals surface area contributed by atoms with Crippen LogP contribution < -0.4 is 10.3 Å². The minimum atomic E-state index is -4.71. The first-order chi connectivity index (χ1) is 14.3. The molecule has 156 valence electrons. The Bertz CT molecular complexity index is 1100. The first kappa shape index (κ1) is 20.4. The molecule has 0 aliphatic carbocycles. The van der Waals surface area contributed by atoms with Gasteiger partial charge >= 0.3 is 6.36 Å². The van der Waals surface area contributed by atoms with Crippen molar-refractivity contribution in [1.82, 2.24) is 14.9 Å². The predicted octanol–water partition coefficient (Wildman–Crippen LogP) is 4.55. The molecule has 0 saturated carbocycles. The molecule has 9 heteroatoms. The summed E-state index contributed by atoms with van der Waals surface area (Å²) in [6.45, 7) is 1.60. The number of hydrogen-bond acceptors (Lipinski definition) is 4. The lowest BCUT2D eigenvalue weighted by atomic mass is 10.1. The number of aromatic amines is 1. The van der Waals surface area contributed by atoms with Gasteiger partial charge in [-0.05, 0) is 42.0 Å². The lowest BCUT2D eigenvalue weighted by Gasteiger charge is -2.27. The molecule has 0 amide bonds. The van der Waals surface area contributed by atoms with Gasteiger partial charge in [0.05, 0.1) is 11.3 Å². The Balaban J connectivity index is 1.47. The summed E-state index contributed by atoms with van der Waals surface area (Å²) in [5.41, 5.74) is 2.78. The minimum Gasteiger partial charge on any atom is -0.406 e. The summed E-state index contributed by atoms with van der Waals surface area (Å²) < 4.78 is 40.7. The highest BCUT2D eigenvalue weighted by Gasteiger charge is 2.31. The highest BCUT2D eigenvalue weighted by Crippen LogP contribution is 2.24. The van der Waals surface area contributed by atoms with E-state index in [1.54, 1.807) is 36.4 Å². The molecule has 4 rings (SSSR count). The van der Waals surface area contributed by atoms with Crippen LogP contribution in [0.2, 0.25) is 5.02 Å². The number of H-pyrrole nitrogens is 1. The third kappa shape index (κ3) is 4.83. The summed E-state index contributed by atoms with van der Waals surface area (Å²) in [5, 5.41) is 0.604. The Kier molecular flexibility index (Phi) is 5.53. The van der Waals surface area contributed by atoms with Crippen LogP contribution in [-0.4, -0.2) is 27.8 Å². The lowest BCUT2D eigenvalue weighted by molar-refractivity contribution is -0.274. The van der Waals surface area contributed by atoms with E-state index in [4.69, 9.17) is 11.6 Å². The van der Waals surface area contributed by atoms with Gasteiger partial charge in [-0.3, -0.25) is 9.69 Å². The Labute approximate surface area is 175 Å². The van der Waals surface area contributed by atoms with Gasteiger partial charge in [0.15, 0.2) is 0 Å². The number of ether oxygens (including phenoxy) is 1. The quantitative estimate of drug-likeness (QED) is 0.653. The average Bonchev–Trinajstić information content (AvgIpc) is 2.69. The summed E-state index contributed by atoms with van der Waals surface area (Å²) in [5.74, 6) is 0.245. The summed E-state index contributed by atoms with van der Waals surface area (Å²) in [6, 6.07) is 12.8. The molecule has 0 radical (unpaired) electrons. The van der Waals surface area contributed by atoms with Crippen LogP contribution in [0.1, 0.15) is 16.8 Å². The zero-order valence-corrected chi connectivity index (χ0v) is 16.4. The van der Waals surface area contributed by atoms with Gasteiger partial charge in [-0.25, -0.2) is 4.98 Å². The molecule has 1 aliphatic heterocycles. The largest absolute Gasteiger partial charge is 0.573 e. The second kappa shape index (κ2) is 8.12. The zero-order valence-electron chi connectivity index (χ0n) is 15.7. The minimum absolute atomic E-state index is 0.191. The molecular weight excluding hydrogens is 419 g/mol. The average molecular weight is 436 g/mol. The summed E-state index contributed by atoms with van der Waals surface area (Å²) in [7, 11) is 0. The Morgan fingerprint density at radius 3 is 2.47 bits per heavy atom.